The Balaban J connectivity index is 1.62. The maximum absolute atomic E-state index is 12.9. The van der Waals surface area contributed by atoms with E-state index in [-0.39, 0.29) is 11.8 Å². The molecule has 1 atom stereocenters. The summed E-state index contributed by atoms with van der Waals surface area (Å²) in [6, 6.07) is 0. The molecular formula is C18H28N4O4S. The van der Waals surface area contributed by atoms with Crippen LogP contribution in [0.3, 0.4) is 0 Å². The average molecular weight is 397 g/mol. The molecule has 9 heteroatoms. The number of nitrogens with zero attached hydrogens (tertiary/aromatic N) is 3. The molecule has 0 spiro atoms. The summed E-state index contributed by atoms with van der Waals surface area (Å²) in [6.07, 6.45) is 2.02. The summed E-state index contributed by atoms with van der Waals surface area (Å²) in [5, 5.41) is 14.1. The van der Waals surface area contributed by atoms with Crippen LogP contribution in [0.1, 0.15) is 41.6 Å². The van der Waals surface area contributed by atoms with Crippen molar-refractivity contribution in [2.45, 2.75) is 38.7 Å². The molecule has 2 fully saturated rings. The largest absolute Gasteiger partial charge is 0.388 e. The number of amides is 2. The van der Waals surface area contributed by atoms with Crippen molar-refractivity contribution in [2.75, 3.05) is 51.3 Å². The second-order valence-corrected chi connectivity index (χ2v) is 8.37. The molecule has 27 heavy (non-hydrogen) atoms. The number of thiazole rings is 1. The van der Waals surface area contributed by atoms with Gasteiger partial charge in [0.05, 0.1) is 24.5 Å². The molecule has 2 N–H and O–H groups in total. The maximum atomic E-state index is 12.9. The van der Waals surface area contributed by atoms with Gasteiger partial charge in [0.1, 0.15) is 4.88 Å². The van der Waals surface area contributed by atoms with E-state index in [0.717, 1.165) is 19.5 Å². The normalized spacial score (nSPS) is 24.5. The van der Waals surface area contributed by atoms with Crippen molar-refractivity contribution in [3.05, 3.63) is 10.6 Å². The van der Waals surface area contributed by atoms with E-state index in [1.54, 1.807) is 11.8 Å². The Labute approximate surface area is 163 Å². The van der Waals surface area contributed by atoms with Gasteiger partial charge in [-0.05, 0) is 26.2 Å². The monoisotopic (exact) mass is 396 g/mol. The van der Waals surface area contributed by atoms with Crippen LogP contribution >= 0.6 is 11.3 Å². The fraction of sp³-hybridized carbons (Fsp3) is 0.722. The number of carbonyl (C=O) groups excluding carboxylic acids is 2. The highest BCUT2D eigenvalue weighted by atomic mass is 32.1. The first-order chi connectivity index (χ1) is 12.9. The van der Waals surface area contributed by atoms with Gasteiger partial charge in [-0.3, -0.25) is 14.5 Å². The second kappa shape index (κ2) is 8.64. The van der Waals surface area contributed by atoms with Crippen LogP contribution < -0.4 is 5.32 Å². The summed E-state index contributed by atoms with van der Waals surface area (Å²) < 4.78 is 5.37. The van der Waals surface area contributed by atoms with Crippen molar-refractivity contribution in [3.8, 4) is 0 Å². The van der Waals surface area contributed by atoms with Gasteiger partial charge in [0, 0.05) is 39.6 Å². The van der Waals surface area contributed by atoms with Crippen molar-refractivity contribution in [2.24, 2.45) is 0 Å². The number of likely N-dealkylation sites (tertiary alicyclic amines) is 1. The summed E-state index contributed by atoms with van der Waals surface area (Å²) in [4.78, 5) is 33.0. The Morgan fingerprint density at radius 2 is 2.00 bits per heavy atom. The predicted molar refractivity (Wildman–Crippen MR) is 103 cm³/mol. The molecule has 8 nitrogen and oxygen atoms in total. The fourth-order valence-corrected chi connectivity index (χ4v) is 4.64. The molecule has 0 aliphatic carbocycles. The van der Waals surface area contributed by atoms with Gasteiger partial charge in [0.25, 0.3) is 5.91 Å². The van der Waals surface area contributed by atoms with Gasteiger partial charge in [-0.15, -0.1) is 0 Å². The second-order valence-electron chi connectivity index (χ2n) is 7.37. The highest BCUT2D eigenvalue weighted by Gasteiger charge is 2.34. The third-order valence-electron chi connectivity index (χ3n) is 5.10. The van der Waals surface area contributed by atoms with Gasteiger partial charge in [0.15, 0.2) is 5.13 Å². The van der Waals surface area contributed by atoms with Crippen LogP contribution in [0, 0.1) is 6.92 Å². The fourth-order valence-electron chi connectivity index (χ4n) is 3.66. The van der Waals surface area contributed by atoms with E-state index >= 15 is 0 Å². The zero-order chi connectivity index (χ0) is 19.4. The Kier molecular flexibility index (Phi) is 6.46. The SMILES string of the molecule is CC(=O)Nc1nc(C)c(C(=O)N2CCC[C@](O)(CN3CCOCC3)CC2)s1. The standard InChI is InChI=1S/C18H28N4O4S/c1-13-15(27-17(19-13)20-14(2)23)16(24)22-6-3-4-18(25,5-7-22)12-21-8-10-26-11-9-21/h25H,3-12H2,1-2H3,(H,19,20,23)/t18-/m1/s1. The van der Waals surface area contributed by atoms with Crippen molar-refractivity contribution < 1.29 is 19.4 Å². The number of rotatable bonds is 4. The minimum Gasteiger partial charge on any atom is -0.388 e. The first-order valence-electron chi connectivity index (χ1n) is 9.43. The molecule has 150 valence electrons. The third-order valence-corrected chi connectivity index (χ3v) is 6.16. The molecule has 3 heterocycles. The Bertz CT molecular complexity index is 689. The number of hydrogen-bond acceptors (Lipinski definition) is 7. The molecule has 0 radical (unpaired) electrons. The first-order valence-corrected chi connectivity index (χ1v) is 10.2. The van der Waals surface area contributed by atoms with Crippen LogP contribution in [-0.4, -0.2) is 83.2 Å². The minimum absolute atomic E-state index is 0.0720. The highest BCUT2D eigenvalue weighted by molar-refractivity contribution is 7.17. The number of aliphatic hydroxyl groups is 1. The lowest BCUT2D eigenvalue weighted by Crippen LogP contribution is -2.48. The van der Waals surface area contributed by atoms with Crippen LogP contribution in [-0.2, 0) is 9.53 Å². The molecule has 0 saturated carbocycles. The number of anilines is 1. The minimum atomic E-state index is -0.767. The van der Waals surface area contributed by atoms with E-state index < -0.39 is 5.60 Å². The lowest BCUT2D eigenvalue weighted by atomic mass is 9.94. The number of carbonyl (C=O) groups is 2. The molecule has 0 bridgehead atoms. The van der Waals surface area contributed by atoms with E-state index in [1.165, 1.54) is 18.3 Å². The van der Waals surface area contributed by atoms with Crippen LogP contribution in [0.2, 0.25) is 0 Å². The van der Waals surface area contributed by atoms with E-state index in [2.05, 4.69) is 15.2 Å². The summed E-state index contributed by atoms with van der Waals surface area (Å²) in [6.45, 7) is 8.08. The quantitative estimate of drug-likeness (QED) is 0.791. The maximum Gasteiger partial charge on any atom is 0.265 e. The van der Waals surface area contributed by atoms with Crippen LogP contribution in [0.4, 0.5) is 5.13 Å². The van der Waals surface area contributed by atoms with Gasteiger partial charge in [-0.1, -0.05) is 11.3 Å². The Morgan fingerprint density at radius 3 is 2.70 bits per heavy atom. The molecule has 2 saturated heterocycles. The van der Waals surface area contributed by atoms with E-state index in [0.29, 0.717) is 61.4 Å². The van der Waals surface area contributed by atoms with Gasteiger partial charge in [0.2, 0.25) is 5.91 Å². The smallest absolute Gasteiger partial charge is 0.265 e. The first kappa shape index (κ1) is 20.2. The topological polar surface area (TPSA) is 95.0 Å². The Morgan fingerprint density at radius 1 is 1.26 bits per heavy atom. The van der Waals surface area contributed by atoms with Crippen molar-refractivity contribution >= 4 is 28.3 Å². The average Bonchev–Trinajstić information content (AvgIpc) is 2.85. The predicted octanol–water partition coefficient (Wildman–Crippen LogP) is 1.10. The number of morpholine rings is 1. The van der Waals surface area contributed by atoms with E-state index in [1.807, 2.05) is 0 Å². The molecule has 1 aromatic heterocycles. The zero-order valence-electron chi connectivity index (χ0n) is 16.0. The summed E-state index contributed by atoms with van der Waals surface area (Å²) in [7, 11) is 0. The molecule has 1 aromatic rings. The Hall–Kier alpha value is -1.55. The molecule has 2 aliphatic rings. The van der Waals surface area contributed by atoms with Crippen LogP contribution in [0.25, 0.3) is 0 Å². The van der Waals surface area contributed by atoms with Gasteiger partial charge >= 0.3 is 0 Å². The lowest BCUT2D eigenvalue weighted by molar-refractivity contribution is -0.114. The number of nitrogens with one attached hydrogen (secondary N) is 1. The van der Waals surface area contributed by atoms with Crippen molar-refractivity contribution in [1.82, 2.24) is 14.8 Å². The third kappa shape index (κ3) is 5.25. The molecule has 0 aromatic carbocycles. The van der Waals surface area contributed by atoms with Crippen molar-refractivity contribution in [1.29, 1.82) is 0 Å². The highest BCUT2D eigenvalue weighted by Crippen LogP contribution is 2.28. The van der Waals surface area contributed by atoms with Gasteiger partial charge in [-0.2, -0.15) is 0 Å². The summed E-state index contributed by atoms with van der Waals surface area (Å²) in [5.41, 5.74) is -0.141. The summed E-state index contributed by atoms with van der Waals surface area (Å²) >= 11 is 1.21. The van der Waals surface area contributed by atoms with Crippen LogP contribution in [0.15, 0.2) is 0 Å². The number of β-amino-alcohol motifs (C(OH)–C–C–N with tert-alkyl or cyclic N) is 1. The zero-order valence-corrected chi connectivity index (χ0v) is 16.8. The lowest BCUT2D eigenvalue weighted by Gasteiger charge is -2.35. The number of aromatic nitrogens is 1. The molecule has 3 rings (SSSR count). The molecule has 2 aliphatic heterocycles. The van der Waals surface area contributed by atoms with Crippen LogP contribution in [0.5, 0.6) is 0 Å². The molecular weight excluding hydrogens is 368 g/mol. The number of ether oxygens (including phenoxy) is 1. The van der Waals surface area contributed by atoms with Gasteiger partial charge in [-0.25, -0.2) is 4.98 Å². The number of aryl methyl sites for hydroxylation is 1. The van der Waals surface area contributed by atoms with Gasteiger partial charge < -0.3 is 20.1 Å². The molecule has 2 amide bonds. The van der Waals surface area contributed by atoms with E-state index in [9.17, 15) is 14.7 Å². The van der Waals surface area contributed by atoms with Crippen molar-refractivity contribution in [3.63, 3.8) is 0 Å². The van der Waals surface area contributed by atoms with E-state index in [4.69, 9.17) is 4.74 Å². The number of hydrogen-bond donors (Lipinski definition) is 2. The summed E-state index contributed by atoms with van der Waals surface area (Å²) in [5.74, 6) is -0.275. The molecule has 0 unspecified atom stereocenters.